The Labute approximate surface area is 190 Å². The van der Waals surface area contributed by atoms with Gasteiger partial charge in [0.1, 0.15) is 0 Å². The molecule has 174 valence electrons. The number of carbonyl (C=O) groups is 1. The number of rotatable bonds is 6. The Balaban J connectivity index is 1.94. The summed E-state index contributed by atoms with van der Waals surface area (Å²) in [5.41, 5.74) is 11.0. The molecule has 0 aliphatic carbocycles. The molecular weight excluding hydrogens is 406 g/mol. The van der Waals surface area contributed by atoms with Crippen molar-refractivity contribution in [2.24, 2.45) is 5.73 Å². The van der Waals surface area contributed by atoms with Gasteiger partial charge in [0, 0.05) is 55.4 Å². The maximum absolute atomic E-state index is 11.7. The zero-order chi connectivity index (χ0) is 22.8. The van der Waals surface area contributed by atoms with Crippen molar-refractivity contribution in [1.82, 2.24) is 10.3 Å². The van der Waals surface area contributed by atoms with Gasteiger partial charge in [-0.25, -0.2) is 4.79 Å². The number of anilines is 2. The van der Waals surface area contributed by atoms with Gasteiger partial charge in [0.15, 0.2) is 0 Å². The summed E-state index contributed by atoms with van der Waals surface area (Å²) in [7, 11) is 3.06. The molecule has 3 rings (SSSR count). The van der Waals surface area contributed by atoms with E-state index in [0.29, 0.717) is 12.3 Å². The maximum atomic E-state index is 11.7. The van der Waals surface area contributed by atoms with Crippen LogP contribution in [0.1, 0.15) is 43.8 Å². The first-order valence-corrected chi connectivity index (χ1v) is 11.3. The fourth-order valence-electron chi connectivity index (χ4n) is 3.96. The van der Waals surface area contributed by atoms with Crippen LogP contribution in [0.25, 0.3) is 11.1 Å². The summed E-state index contributed by atoms with van der Waals surface area (Å²) in [4.78, 5) is 16.3. The predicted octanol–water partition coefficient (Wildman–Crippen LogP) is 3.91. The van der Waals surface area contributed by atoms with Gasteiger partial charge < -0.3 is 25.8 Å². The van der Waals surface area contributed by atoms with Gasteiger partial charge in [-0.1, -0.05) is 25.3 Å². The fraction of sp³-hybridized carbons (Fsp3) is 0.500. The zero-order valence-corrected chi connectivity index (χ0v) is 19.0. The van der Waals surface area contributed by atoms with E-state index in [2.05, 4.69) is 27.0 Å². The predicted molar refractivity (Wildman–Crippen MR) is 128 cm³/mol. The van der Waals surface area contributed by atoms with Crippen LogP contribution in [-0.2, 0) is 9.47 Å². The van der Waals surface area contributed by atoms with Crippen molar-refractivity contribution >= 4 is 17.5 Å². The largest absolute Gasteiger partial charge is 0.453 e. The van der Waals surface area contributed by atoms with Crippen LogP contribution < -0.4 is 21.7 Å². The number of ether oxygens (including phenoxy) is 2. The zero-order valence-electron chi connectivity index (χ0n) is 19.0. The second-order valence-corrected chi connectivity index (χ2v) is 8.13. The number of benzene rings is 1. The Morgan fingerprint density at radius 2 is 2.03 bits per heavy atom. The van der Waals surface area contributed by atoms with E-state index < -0.39 is 6.09 Å². The van der Waals surface area contributed by atoms with E-state index in [1.54, 1.807) is 7.11 Å². The quantitative estimate of drug-likeness (QED) is 0.503. The highest BCUT2D eigenvalue weighted by molar-refractivity contribution is 5.88. The molecule has 1 aromatic carbocycles. The van der Waals surface area contributed by atoms with E-state index in [0.717, 1.165) is 67.7 Å². The molecule has 1 amide bonds. The number of hydrogen-bond acceptors (Lipinski definition) is 7. The minimum Gasteiger partial charge on any atom is -0.453 e. The van der Waals surface area contributed by atoms with Gasteiger partial charge in [-0.3, -0.25) is 10.3 Å². The summed E-state index contributed by atoms with van der Waals surface area (Å²) in [6.45, 7) is 2.29. The van der Waals surface area contributed by atoms with Crippen LogP contribution >= 0.6 is 0 Å². The molecular formula is C24H35N5O3. The molecule has 0 radical (unpaired) electrons. The summed E-state index contributed by atoms with van der Waals surface area (Å²) in [5.74, 6) is 0. The summed E-state index contributed by atoms with van der Waals surface area (Å²) < 4.78 is 9.91. The van der Waals surface area contributed by atoms with Crippen molar-refractivity contribution in [2.45, 2.75) is 44.2 Å². The van der Waals surface area contributed by atoms with Crippen molar-refractivity contribution in [1.29, 1.82) is 0 Å². The van der Waals surface area contributed by atoms with Gasteiger partial charge >= 0.3 is 6.09 Å². The molecule has 5 N–H and O–H groups in total. The average Bonchev–Trinajstić information content (AvgIpc) is 2.81. The Hall–Kier alpha value is -2.68. The van der Waals surface area contributed by atoms with Crippen molar-refractivity contribution in [3.63, 3.8) is 0 Å². The first-order chi connectivity index (χ1) is 15.6. The van der Waals surface area contributed by atoms with Crippen molar-refractivity contribution in [2.75, 3.05) is 44.5 Å². The summed E-state index contributed by atoms with van der Waals surface area (Å²) in [6.07, 6.45) is 6.59. The molecule has 2 bridgehead atoms. The number of amides is 1. The van der Waals surface area contributed by atoms with Gasteiger partial charge in [0.05, 0.1) is 19.4 Å². The number of pyridine rings is 1. The number of nitrogens with one attached hydrogen (secondary N) is 3. The van der Waals surface area contributed by atoms with Gasteiger partial charge in [-0.2, -0.15) is 0 Å². The topological polar surface area (TPSA) is 111 Å². The van der Waals surface area contributed by atoms with E-state index in [1.807, 2.05) is 30.5 Å². The molecule has 8 heteroatoms. The molecule has 2 heterocycles. The van der Waals surface area contributed by atoms with E-state index in [4.69, 9.17) is 15.2 Å². The molecule has 1 aliphatic rings. The number of nitrogens with zero attached hydrogens (tertiary/aromatic N) is 1. The van der Waals surface area contributed by atoms with Gasteiger partial charge in [-0.15, -0.1) is 0 Å². The molecule has 1 aromatic heterocycles. The third-order valence-corrected chi connectivity index (χ3v) is 5.72. The number of nitrogens with two attached hydrogens (primary N) is 1. The number of methoxy groups -OCH3 is 2. The molecule has 0 fully saturated rings. The molecule has 8 nitrogen and oxygen atoms in total. The number of carbonyl (C=O) groups excluding carboxylic acids is 1. The minimum absolute atomic E-state index is 0.0705. The van der Waals surface area contributed by atoms with Crippen LogP contribution in [0.15, 0.2) is 36.5 Å². The third-order valence-electron chi connectivity index (χ3n) is 5.72. The standard InChI is InChI=1S/C24H35N5O3/c1-31-13-12-26-16-19-6-4-3-5-7-21(25)23-14-17(10-11-27-23)20-9-8-18(15-22(20)28-19)29-24(30)32-2/h8-11,14-15,19,21,26,28H,3-7,12-13,16,25H2,1-2H3,(H,29,30)/t19-,21+/m1/s1. The average molecular weight is 442 g/mol. The molecule has 1 aliphatic heterocycles. The second-order valence-electron chi connectivity index (χ2n) is 8.13. The highest BCUT2D eigenvalue weighted by Crippen LogP contribution is 2.33. The molecule has 0 unspecified atom stereocenters. The number of fused-ring (bicyclic) bond motifs is 4. The first-order valence-electron chi connectivity index (χ1n) is 11.3. The van der Waals surface area contributed by atoms with Crippen molar-refractivity contribution in [3.05, 3.63) is 42.2 Å². The monoisotopic (exact) mass is 441 g/mol. The van der Waals surface area contributed by atoms with Gasteiger partial charge in [-0.05, 0) is 42.7 Å². The SMILES string of the molecule is COCCNC[C@H]1CCCCC[C@H](N)c2cc(ccn2)-c2ccc(NC(=O)OC)cc2N1. The highest BCUT2D eigenvalue weighted by Gasteiger charge is 2.16. The van der Waals surface area contributed by atoms with Crippen LogP contribution in [0.4, 0.5) is 16.2 Å². The van der Waals surface area contributed by atoms with Gasteiger partial charge in [0.2, 0.25) is 0 Å². The highest BCUT2D eigenvalue weighted by atomic mass is 16.5. The third kappa shape index (κ3) is 6.91. The lowest BCUT2D eigenvalue weighted by molar-refractivity contribution is 0.187. The maximum Gasteiger partial charge on any atom is 0.411 e. The summed E-state index contributed by atoms with van der Waals surface area (Å²) in [5, 5.41) is 9.95. The van der Waals surface area contributed by atoms with Gasteiger partial charge in [0.25, 0.3) is 0 Å². The number of hydrogen-bond donors (Lipinski definition) is 4. The molecule has 0 spiro atoms. The summed E-state index contributed by atoms with van der Waals surface area (Å²) in [6, 6.07) is 10.1. The molecule has 2 aromatic rings. The Morgan fingerprint density at radius 3 is 2.84 bits per heavy atom. The Kier molecular flexibility index (Phi) is 9.27. The Bertz CT molecular complexity index is 876. The molecule has 0 saturated heterocycles. The lowest BCUT2D eigenvalue weighted by atomic mass is 10.00. The van der Waals surface area contributed by atoms with E-state index >= 15 is 0 Å². The molecule has 32 heavy (non-hydrogen) atoms. The van der Waals surface area contributed by atoms with Crippen LogP contribution in [-0.4, -0.2) is 51.0 Å². The normalized spacial score (nSPS) is 18.8. The second kappa shape index (κ2) is 12.4. The lowest BCUT2D eigenvalue weighted by Gasteiger charge is -2.23. The van der Waals surface area contributed by atoms with Crippen LogP contribution in [0.2, 0.25) is 0 Å². The van der Waals surface area contributed by atoms with E-state index in [1.165, 1.54) is 7.11 Å². The van der Waals surface area contributed by atoms with Crippen LogP contribution in [0, 0.1) is 0 Å². The summed E-state index contributed by atoms with van der Waals surface area (Å²) >= 11 is 0. The lowest BCUT2D eigenvalue weighted by Crippen LogP contribution is -2.34. The van der Waals surface area contributed by atoms with Crippen LogP contribution in [0.5, 0.6) is 0 Å². The smallest absolute Gasteiger partial charge is 0.411 e. The van der Waals surface area contributed by atoms with Crippen LogP contribution in [0.3, 0.4) is 0 Å². The fourth-order valence-corrected chi connectivity index (χ4v) is 3.96. The minimum atomic E-state index is -0.496. The first kappa shape index (κ1) is 24.0. The molecule has 0 saturated carbocycles. The number of aromatic nitrogens is 1. The van der Waals surface area contributed by atoms with E-state index in [-0.39, 0.29) is 12.1 Å². The Morgan fingerprint density at radius 1 is 1.19 bits per heavy atom. The molecule has 2 atom stereocenters. The van der Waals surface area contributed by atoms with Crippen molar-refractivity contribution in [3.8, 4) is 11.1 Å². The van der Waals surface area contributed by atoms with Crippen molar-refractivity contribution < 1.29 is 14.3 Å². The van der Waals surface area contributed by atoms with E-state index in [9.17, 15) is 4.79 Å².